The molecule has 1 aromatic heterocycles. The van der Waals surface area contributed by atoms with E-state index in [0.717, 1.165) is 5.56 Å². The van der Waals surface area contributed by atoms with Crippen LogP contribution < -0.4 is 5.48 Å². The van der Waals surface area contributed by atoms with Crippen molar-refractivity contribution in [1.29, 1.82) is 0 Å². The number of hydrogen-bond donors (Lipinski definition) is 1. The van der Waals surface area contributed by atoms with Gasteiger partial charge in [0, 0.05) is 6.42 Å². The molecule has 0 unspecified atom stereocenters. The van der Waals surface area contributed by atoms with Crippen LogP contribution in [0.3, 0.4) is 0 Å². The fourth-order valence-corrected chi connectivity index (χ4v) is 1.78. The molecule has 0 aliphatic rings. The summed E-state index contributed by atoms with van der Waals surface area (Å²) in [4.78, 5) is 16.9. The minimum Gasteiger partial charge on any atom is -0.461 e. The molecule has 1 aromatic carbocycles. The number of ketones is 1. The lowest BCUT2D eigenvalue weighted by Crippen LogP contribution is -2.22. The summed E-state index contributed by atoms with van der Waals surface area (Å²) < 4.78 is 5.09. The summed E-state index contributed by atoms with van der Waals surface area (Å²) in [5.41, 5.74) is 3.83. The molecule has 2 aromatic rings. The zero-order valence-corrected chi connectivity index (χ0v) is 10.1. The Hall–Kier alpha value is -1.91. The Bertz CT molecular complexity index is 479. The van der Waals surface area contributed by atoms with Crippen molar-refractivity contribution in [2.75, 3.05) is 7.11 Å². The third-order valence-corrected chi connectivity index (χ3v) is 2.65. The van der Waals surface area contributed by atoms with E-state index in [1.165, 1.54) is 13.4 Å². The number of benzene rings is 1. The third kappa shape index (κ3) is 3.06. The Morgan fingerprint density at radius 2 is 2.06 bits per heavy atom. The largest absolute Gasteiger partial charge is 0.461 e. The number of carbonyl (C=O) groups excluding carboxylic acids is 1. The van der Waals surface area contributed by atoms with Gasteiger partial charge in [-0.15, -0.1) is 0 Å². The highest BCUT2D eigenvalue weighted by Crippen LogP contribution is 2.19. The van der Waals surface area contributed by atoms with Crippen molar-refractivity contribution in [3.8, 4) is 0 Å². The van der Waals surface area contributed by atoms with E-state index in [1.807, 2.05) is 30.3 Å². The second-order valence-electron chi connectivity index (χ2n) is 3.89. The normalized spacial score (nSPS) is 12.3. The molecule has 18 heavy (non-hydrogen) atoms. The Labute approximate surface area is 106 Å². The highest BCUT2D eigenvalue weighted by Gasteiger charge is 2.18. The van der Waals surface area contributed by atoms with E-state index in [-0.39, 0.29) is 18.2 Å². The summed E-state index contributed by atoms with van der Waals surface area (Å²) in [6.07, 6.45) is 1.78. The summed E-state index contributed by atoms with van der Waals surface area (Å²) >= 11 is 0. The summed E-state index contributed by atoms with van der Waals surface area (Å²) in [6, 6.07) is 12.9. The van der Waals surface area contributed by atoms with Crippen LogP contribution in [-0.2, 0) is 4.84 Å². The molecule has 0 saturated heterocycles. The number of hydrogen-bond acceptors (Lipinski definition) is 4. The van der Waals surface area contributed by atoms with Gasteiger partial charge in [-0.3, -0.25) is 4.79 Å². The summed E-state index contributed by atoms with van der Waals surface area (Å²) in [7, 11) is 1.54. The Balaban J connectivity index is 2.10. The third-order valence-electron chi connectivity index (χ3n) is 2.65. The molecule has 94 valence electrons. The molecule has 0 aliphatic heterocycles. The monoisotopic (exact) mass is 245 g/mol. The van der Waals surface area contributed by atoms with Gasteiger partial charge in [-0.25, -0.2) is 0 Å². The number of furan rings is 1. The first-order valence-electron chi connectivity index (χ1n) is 5.71. The van der Waals surface area contributed by atoms with Gasteiger partial charge in [-0.05, 0) is 17.7 Å². The van der Waals surface area contributed by atoms with E-state index < -0.39 is 0 Å². The maximum Gasteiger partial charge on any atom is 0.199 e. The van der Waals surface area contributed by atoms with Crippen LogP contribution in [0.5, 0.6) is 0 Å². The first-order valence-corrected chi connectivity index (χ1v) is 5.71. The topological polar surface area (TPSA) is 51.5 Å². The molecule has 4 nitrogen and oxygen atoms in total. The van der Waals surface area contributed by atoms with Crippen molar-refractivity contribution >= 4 is 5.78 Å². The van der Waals surface area contributed by atoms with Crippen molar-refractivity contribution < 1.29 is 14.0 Å². The second kappa shape index (κ2) is 6.14. The fraction of sp³-hybridized carbons (Fsp3) is 0.214. The zero-order valence-electron chi connectivity index (χ0n) is 10.1. The van der Waals surface area contributed by atoms with Gasteiger partial charge in [-0.1, -0.05) is 30.3 Å². The Morgan fingerprint density at radius 3 is 2.67 bits per heavy atom. The highest BCUT2D eigenvalue weighted by atomic mass is 16.6. The minimum atomic E-state index is -0.186. The highest BCUT2D eigenvalue weighted by molar-refractivity contribution is 5.93. The van der Waals surface area contributed by atoms with Crippen LogP contribution in [-0.4, -0.2) is 12.9 Å². The van der Waals surface area contributed by atoms with Gasteiger partial charge in [0.1, 0.15) is 0 Å². The molecule has 4 heteroatoms. The van der Waals surface area contributed by atoms with Gasteiger partial charge in [0.25, 0.3) is 0 Å². The van der Waals surface area contributed by atoms with Crippen molar-refractivity contribution in [1.82, 2.24) is 5.48 Å². The fourth-order valence-electron chi connectivity index (χ4n) is 1.78. The molecule has 0 amide bonds. The summed E-state index contributed by atoms with van der Waals surface area (Å²) in [5.74, 6) is 0.312. The van der Waals surface area contributed by atoms with Crippen molar-refractivity contribution in [3.63, 3.8) is 0 Å². The molecule has 0 bridgehead atoms. The van der Waals surface area contributed by atoms with E-state index >= 15 is 0 Å². The molecule has 0 aliphatic carbocycles. The van der Waals surface area contributed by atoms with Crippen molar-refractivity contribution in [3.05, 3.63) is 60.1 Å². The first kappa shape index (κ1) is 12.5. The van der Waals surface area contributed by atoms with Crippen LogP contribution in [0.25, 0.3) is 0 Å². The summed E-state index contributed by atoms with van der Waals surface area (Å²) in [6.45, 7) is 0. The maximum absolute atomic E-state index is 12.0. The van der Waals surface area contributed by atoms with Crippen molar-refractivity contribution in [2.45, 2.75) is 12.5 Å². The Morgan fingerprint density at radius 1 is 1.28 bits per heavy atom. The zero-order chi connectivity index (χ0) is 12.8. The lowest BCUT2D eigenvalue weighted by molar-refractivity contribution is 0.0538. The second-order valence-corrected chi connectivity index (χ2v) is 3.89. The van der Waals surface area contributed by atoms with E-state index in [4.69, 9.17) is 9.25 Å². The van der Waals surface area contributed by atoms with E-state index in [0.29, 0.717) is 5.76 Å². The quantitative estimate of drug-likeness (QED) is 0.628. The number of carbonyl (C=O) groups is 1. The first-order chi connectivity index (χ1) is 8.81. The van der Waals surface area contributed by atoms with Gasteiger partial charge in [0.05, 0.1) is 19.4 Å². The van der Waals surface area contributed by atoms with Gasteiger partial charge in [-0.2, -0.15) is 5.48 Å². The van der Waals surface area contributed by atoms with Crippen LogP contribution in [0, 0.1) is 0 Å². The molecule has 0 spiro atoms. The van der Waals surface area contributed by atoms with E-state index in [2.05, 4.69) is 5.48 Å². The van der Waals surface area contributed by atoms with Crippen LogP contribution in [0.2, 0.25) is 0 Å². The van der Waals surface area contributed by atoms with Crippen LogP contribution >= 0.6 is 0 Å². The lowest BCUT2D eigenvalue weighted by atomic mass is 10.0. The molecular weight excluding hydrogens is 230 g/mol. The van der Waals surface area contributed by atoms with Crippen molar-refractivity contribution in [2.24, 2.45) is 0 Å². The van der Waals surface area contributed by atoms with E-state index in [1.54, 1.807) is 12.1 Å². The average molecular weight is 245 g/mol. The molecule has 2 rings (SSSR count). The van der Waals surface area contributed by atoms with E-state index in [9.17, 15) is 4.79 Å². The van der Waals surface area contributed by atoms with Gasteiger partial charge in [0.15, 0.2) is 11.5 Å². The van der Waals surface area contributed by atoms with Crippen LogP contribution in [0.1, 0.15) is 28.6 Å². The van der Waals surface area contributed by atoms with Gasteiger partial charge in [0.2, 0.25) is 0 Å². The molecule has 0 fully saturated rings. The van der Waals surface area contributed by atoms with Gasteiger partial charge >= 0.3 is 0 Å². The number of Topliss-reactive ketones (excluding diaryl/α,β-unsaturated/α-hetero) is 1. The lowest BCUT2D eigenvalue weighted by Gasteiger charge is -2.16. The number of nitrogens with one attached hydrogen (secondary N) is 1. The maximum atomic E-state index is 12.0. The SMILES string of the molecule is CON[C@@H](CC(=O)c1ccco1)c1ccccc1. The smallest absolute Gasteiger partial charge is 0.199 e. The van der Waals surface area contributed by atoms with Gasteiger partial charge < -0.3 is 9.25 Å². The minimum absolute atomic E-state index is 0.0570. The molecular formula is C14H15NO3. The van der Waals surface area contributed by atoms with Crippen LogP contribution in [0.15, 0.2) is 53.1 Å². The number of rotatable bonds is 6. The standard InChI is InChI=1S/C14H15NO3/c1-17-15-12(11-6-3-2-4-7-11)10-13(16)14-8-5-9-18-14/h2-9,12,15H,10H2,1H3/t12-/m0/s1. The molecule has 1 N–H and O–H groups in total. The Kier molecular flexibility index (Phi) is 4.28. The van der Waals surface area contributed by atoms with Crippen LogP contribution in [0.4, 0.5) is 0 Å². The predicted molar refractivity (Wildman–Crippen MR) is 67.0 cm³/mol. The summed E-state index contributed by atoms with van der Waals surface area (Å²) in [5, 5.41) is 0. The predicted octanol–water partition coefficient (Wildman–Crippen LogP) is 2.74. The number of hydroxylamine groups is 1. The average Bonchev–Trinajstić information content (AvgIpc) is 2.93. The molecule has 1 heterocycles. The molecule has 0 radical (unpaired) electrons. The molecule has 1 atom stereocenters. The molecule has 0 saturated carbocycles.